The van der Waals surface area contributed by atoms with Gasteiger partial charge in [-0.15, -0.1) is 11.3 Å². The van der Waals surface area contributed by atoms with E-state index in [1.165, 1.54) is 36.4 Å². The van der Waals surface area contributed by atoms with Crippen molar-refractivity contribution in [2.75, 3.05) is 4.72 Å². The van der Waals surface area contributed by atoms with Crippen LogP contribution in [-0.4, -0.2) is 19.3 Å². The summed E-state index contributed by atoms with van der Waals surface area (Å²) in [6.45, 7) is 0. The molecule has 34 heavy (non-hydrogen) atoms. The summed E-state index contributed by atoms with van der Waals surface area (Å²) in [6.07, 6.45) is 0. The summed E-state index contributed by atoms with van der Waals surface area (Å²) in [4.78, 5) is 13.1. The molecule has 0 fully saturated rings. The lowest BCUT2D eigenvalue weighted by Crippen LogP contribution is -2.12. The molecule has 1 aromatic heterocycles. The number of sulfonamides is 1. The largest absolute Gasteiger partial charge is 0.503 e. The van der Waals surface area contributed by atoms with Crippen molar-refractivity contribution in [2.45, 2.75) is 4.90 Å². The molecule has 2 N–H and O–H groups in total. The van der Waals surface area contributed by atoms with Crippen molar-refractivity contribution in [3.8, 4) is 16.2 Å². The van der Waals surface area contributed by atoms with E-state index in [9.17, 15) is 31.5 Å². The standard InChI is InChI=1S/C23H13ClF3NO4S2/c24-13-4-2-6-15(10-13)34(31,32)28-14-5-1-3-12(9-14)18-7-8-19(33-18)22(29)16-11-17(25)21(27)23(30)20(16)26/h1-11,28,30H. The zero-order valence-electron chi connectivity index (χ0n) is 16.9. The van der Waals surface area contributed by atoms with E-state index in [2.05, 4.69) is 4.72 Å². The molecule has 0 unspecified atom stereocenters. The van der Waals surface area contributed by atoms with Crippen LogP contribution in [0.25, 0.3) is 10.4 Å². The molecule has 0 amide bonds. The molecule has 0 saturated heterocycles. The maximum Gasteiger partial charge on any atom is 0.261 e. The van der Waals surface area contributed by atoms with Gasteiger partial charge in [-0.1, -0.05) is 29.8 Å². The van der Waals surface area contributed by atoms with Gasteiger partial charge in [0.15, 0.2) is 17.4 Å². The van der Waals surface area contributed by atoms with Gasteiger partial charge in [-0.3, -0.25) is 9.52 Å². The first kappa shape index (κ1) is 23.8. The van der Waals surface area contributed by atoms with E-state index in [4.69, 9.17) is 11.6 Å². The number of aromatic hydroxyl groups is 1. The first-order valence-corrected chi connectivity index (χ1v) is 12.1. The highest BCUT2D eigenvalue weighted by molar-refractivity contribution is 7.92. The number of carbonyl (C=O) groups excluding carboxylic acids is 1. The van der Waals surface area contributed by atoms with E-state index in [0.717, 1.165) is 11.3 Å². The molecule has 0 bridgehead atoms. The average molecular weight is 524 g/mol. The van der Waals surface area contributed by atoms with Gasteiger partial charge >= 0.3 is 0 Å². The van der Waals surface area contributed by atoms with Crippen LogP contribution in [0, 0.1) is 17.5 Å². The summed E-state index contributed by atoms with van der Waals surface area (Å²) < 4.78 is 68.8. The minimum atomic E-state index is -3.91. The van der Waals surface area contributed by atoms with Crippen LogP contribution in [0.4, 0.5) is 18.9 Å². The molecule has 1 heterocycles. The summed E-state index contributed by atoms with van der Waals surface area (Å²) >= 11 is 6.80. The molecule has 0 aliphatic heterocycles. The van der Waals surface area contributed by atoms with E-state index >= 15 is 0 Å². The Morgan fingerprint density at radius 1 is 0.941 bits per heavy atom. The summed E-state index contributed by atoms with van der Waals surface area (Å²) in [5.74, 6) is -7.41. The van der Waals surface area contributed by atoms with Gasteiger partial charge in [0.1, 0.15) is 0 Å². The fourth-order valence-electron chi connectivity index (χ4n) is 3.09. The van der Waals surface area contributed by atoms with Crippen LogP contribution in [0.5, 0.6) is 5.75 Å². The molecule has 0 aliphatic carbocycles. The lowest BCUT2D eigenvalue weighted by molar-refractivity contribution is 0.103. The number of nitrogens with one attached hydrogen (secondary N) is 1. The molecule has 11 heteroatoms. The molecule has 4 aromatic rings. The number of carbonyl (C=O) groups is 1. The summed E-state index contributed by atoms with van der Waals surface area (Å²) in [7, 11) is -3.91. The van der Waals surface area contributed by atoms with Crippen LogP contribution in [0.3, 0.4) is 0 Å². The number of thiophene rings is 1. The van der Waals surface area contributed by atoms with Crippen LogP contribution in [0.1, 0.15) is 15.2 Å². The number of hydrogen-bond donors (Lipinski definition) is 2. The average Bonchev–Trinajstić information content (AvgIpc) is 3.30. The topological polar surface area (TPSA) is 83.5 Å². The zero-order valence-corrected chi connectivity index (χ0v) is 19.2. The number of hydrogen-bond acceptors (Lipinski definition) is 5. The molecule has 5 nitrogen and oxygen atoms in total. The second kappa shape index (κ2) is 9.13. The van der Waals surface area contributed by atoms with Gasteiger partial charge in [-0.25, -0.2) is 17.2 Å². The Morgan fingerprint density at radius 3 is 2.41 bits per heavy atom. The molecule has 174 valence electrons. The lowest BCUT2D eigenvalue weighted by Gasteiger charge is -2.09. The third-order valence-electron chi connectivity index (χ3n) is 4.71. The Morgan fingerprint density at radius 2 is 1.68 bits per heavy atom. The van der Waals surface area contributed by atoms with Crippen LogP contribution >= 0.6 is 22.9 Å². The van der Waals surface area contributed by atoms with E-state index < -0.39 is 44.6 Å². The number of benzene rings is 3. The van der Waals surface area contributed by atoms with Gasteiger partial charge in [0, 0.05) is 15.6 Å². The first-order valence-electron chi connectivity index (χ1n) is 9.46. The summed E-state index contributed by atoms with van der Waals surface area (Å²) in [5, 5.41) is 9.63. The number of halogens is 4. The van der Waals surface area contributed by atoms with Crippen molar-refractivity contribution in [3.05, 3.63) is 99.6 Å². The minimum absolute atomic E-state index is 0.00391. The summed E-state index contributed by atoms with van der Waals surface area (Å²) in [5.41, 5.74) is -0.0212. The van der Waals surface area contributed by atoms with Crippen LogP contribution in [0.15, 0.2) is 71.6 Å². The molecule has 4 rings (SSSR count). The predicted molar refractivity (Wildman–Crippen MR) is 123 cm³/mol. The van der Waals surface area contributed by atoms with Gasteiger partial charge in [0.25, 0.3) is 10.0 Å². The molecule has 0 aliphatic rings. The molecular formula is C23H13ClF3NO4S2. The molecule has 3 aromatic carbocycles. The second-order valence-electron chi connectivity index (χ2n) is 7.02. The fourth-order valence-corrected chi connectivity index (χ4v) is 5.39. The number of rotatable bonds is 6. The van der Waals surface area contributed by atoms with E-state index in [1.807, 2.05) is 0 Å². The normalized spacial score (nSPS) is 11.4. The Kier molecular flexibility index (Phi) is 6.39. The Hall–Kier alpha value is -3.34. The number of anilines is 1. The van der Waals surface area contributed by atoms with Gasteiger partial charge in [0.05, 0.1) is 15.3 Å². The monoisotopic (exact) mass is 523 g/mol. The zero-order chi connectivity index (χ0) is 24.6. The van der Waals surface area contributed by atoms with Crippen LogP contribution < -0.4 is 4.72 Å². The maximum atomic E-state index is 14.1. The molecule has 0 radical (unpaired) electrons. The van der Waals surface area contributed by atoms with E-state index in [-0.39, 0.29) is 20.5 Å². The maximum absolute atomic E-state index is 14.1. The number of ketones is 1. The quantitative estimate of drug-likeness (QED) is 0.232. The van der Waals surface area contributed by atoms with Crippen LogP contribution in [0.2, 0.25) is 5.02 Å². The SMILES string of the molecule is O=C(c1ccc(-c2cccc(NS(=O)(=O)c3cccc(Cl)c3)c2)s1)c1cc(F)c(F)c(O)c1F. The van der Waals surface area contributed by atoms with Crippen molar-refractivity contribution in [3.63, 3.8) is 0 Å². The highest BCUT2D eigenvalue weighted by Crippen LogP contribution is 2.33. The van der Waals surface area contributed by atoms with Crippen molar-refractivity contribution in [2.24, 2.45) is 0 Å². The van der Waals surface area contributed by atoms with E-state index in [1.54, 1.807) is 24.3 Å². The molecular weight excluding hydrogens is 511 g/mol. The smallest absolute Gasteiger partial charge is 0.261 e. The van der Waals surface area contributed by atoms with Crippen molar-refractivity contribution >= 4 is 44.4 Å². The predicted octanol–water partition coefficient (Wildman–Crippen LogP) is 6.22. The number of phenolic OH excluding ortho intramolecular Hbond substituents is 1. The van der Waals surface area contributed by atoms with Gasteiger partial charge in [0.2, 0.25) is 11.6 Å². The Labute approximate surface area is 201 Å². The first-order chi connectivity index (χ1) is 16.1. The Balaban J connectivity index is 1.62. The minimum Gasteiger partial charge on any atom is -0.503 e. The second-order valence-corrected chi connectivity index (χ2v) is 10.2. The van der Waals surface area contributed by atoms with Crippen molar-refractivity contribution in [1.82, 2.24) is 0 Å². The van der Waals surface area contributed by atoms with Gasteiger partial charge < -0.3 is 5.11 Å². The fraction of sp³-hybridized carbons (Fsp3) is 0. The third-order valence-corrected chi connectivity index (χ3v) is 7.46. The van der Waals surface area contributed by atoms with Gasteiger partial charge in [-0.05, 0) is 54.1 Å². The lowest BCUT2D eigenvalue weighted by atomic mass is 10.1. The molecule has 0 atom stereocenters. The highest BCUT2D eigenvalue weighted by atomic mass is 35.5. The summed E-state index contributed by atoms with van der Waals surface area (Å²) in [6, 6.07) is 15.4. The number of phenols is 1. The third kappa shape index (κ3) is 4.65. The van der Waals surface area contributed by atoms with Gasteiger partial charge in [-0.2, -0.15) is 4.39 Å². The van der Waals surface area contributed by atoms with E-state index in [0.29, 0.717) is 16.5 Å². The van der Waals surface area contributed by atoms with Crippen molar-refractivity contribution in [1.29, 1.82) is 0 Å². The molecule has 0 saturated carbocycles. The highest BCUT2D eigenvalue weighted by Gasteiger charge is 2.24. The molecule has 0 spiro atoms. The Bertz CT molecular complexity index is 1540. The van der Waals surface area contributed by atoms with Crippen molar-refractivity contribution < 1.29 is 31.5 Å². The van der Waals surface area contributed by atoms with Crippen LogP contribution in [-0.2, 0) is 10.0 Å².